The van der Waals surface area contributed by atoms with Crippen LogP contribution in [-0.2, 0) is 4.79 Å². The topological polar surface area (TPSA) is 60.9 Å². The van der Waals surface area contributed by atoms with Crippen LogP contribution in [0.2, 0.25) is 0 Å². The molecule has 0 saturated heterocycles. The molecule has 0 aromatic rings. The van der Waals surface area contributed by atoms with E-state index >= 15 is 0 Å². The van der Waals surface area contributed by atoms with Crippen molar-refractivity contribution in [3.8, 4) is 0 Å². The standard InChI is InChI=1S/C10H15F3N2O3/c1-3-5-15(6-8(16)17)9(18)14(4-2)7-10(11,12)13/h3H,1,4-7H2,2H3,(H,16,17). The van der Waals surface area contributed by atoms with E-state index in [1.165, 1.54) is 13.0 Å². The lowest BCUT2D eigenvalue weighted by Gasteiger charge is -2.28. The van der Waals surface area contributed by atoms with Gasteiger partial charge in [-0.2, -0.15) is 13.2 Å². The van der Waals surface area contributed by atoms with Crippen LogP contribution in [0, 0.1) is 0 Å². The molecule has 0 rings (SSSR count). The Morgan fingerprint density at radius 2 is 1.89 bits per heavy atom. The van der Waals surface area contributed by atoms with Crippen molar-refractivity contribution in [1.82, 2.24) is 9.80 Å². The highest BCUT2D eigenvalue weighted by Crippen LogP contribution is 2.17. The summed E-state index contributed by atoms with van der Waals surface area (Å²) < 4.78 is 36.6. The maximum Gasteiger partial charge on any atom is 0.406 e. The van der Waals surface area contributed by atoms with Crippen molar-refractivity contribution in [1.29, 1.82) is 0 Å². The summed E-state index contributed by atoms with van der Waals surface area (Å²) in [4.78, 5) is 23.6. The predicted molar refractivity (Wildman–Crippen MR) is 58.1 cm³/mol. The SMILES string of the molecule is C=CCN(CC(=O)O)C(=O)N(CC)CC(F)(F)F. The van der Waals surface area contributed by atoms with Crippen molar-refractivity contribution in [2.75, 3.05) is 26.2 Å². The monoisotopic (exact) mass is 268 g/mol. The van der Waals surface area contributed by atoms with Gasteiger partial charge in [-0.15, -0.1) is 6.58 Å². The van der Waals surface area contributed by atoms with E-state index in [0.717, 1.165) is 4.90 Å². The Morgan fingerprint density at radius 1 is 1.33 bits per heavy atom. The molecule has 0 aliphatic rings. The summed E-state index contributed by atoms with van der Waals surface area (Å²) in [6.07, 6.45) is -3.27. The predicted octanol–water partition coefficient (Wildman–Crippen LogP) is 1.56. The zero-order valence-electron chi connectivity index (χ0n) is 9.90. The number of carbonyl (C=O) groups is 2. The number of amides is 2. The summed E-state index contributed by atoms with van der Waals surface area (Å²) in [5.41, 5.74) is 0. The summed E-state index contributed by atoms with van der Waals surface area (Å²) in [5.74, 6) is -1.30. The maximum atomic E-state index is 12.2. The first-order valence-corrected chi connectivity index (χ1v) is 5.14. The molecule has 0 atom stereocenters. The highest BCUT2D eigenvalue weighted by Gasteiger charge is 2.34. The summed E-state index contributed by atoms with van der Waals surface area (Å²) >= 11 is 0. The number of aliphatic carboxylic acids is 1. The number of carbonyl (C=O) groups excluding carboxylic acids is 1. The first kappa shape index (κ1) is 16.3. The molecular formula is C10H15F3N2O3. The van der Waals surface area contributed by atoms with Crippen LogP contribution in [0.3, 0.4) is 0 Å². The molecule has 0 aliphatic carbocycles. The highest BCUT2D eigenvalue weighted by molar-refractivity contribution is 5.80. The van der Waals surface area contributed by atoms with Crippen LogP contribution in [0.1, 0.15) is 6.92 Å². The summed E-state index contributed by atoms with van der Waals surface area (Å²) in [6, 6.07) is -0.975. The average Bonchev–Trinajstić information content (AvgIpc) is 2.22. The van der Waals surface area contributed by atoms with Crippen molar-refractivity contribution in [3.63, 3.8) is 0 Å². The Labute approximate surface area is 102 Å². The van der Waals surface area contributed by atoms with Gasteiger partial charge < -0.3 is 14.9 Å². The fourth-order valence-corrected chi connectivity index (χ4v) is 1.26. The van der Waals surface area contributed by atoms with Crippen LogP contribution >= 0.6 is 0 Å². The van der Waals surface area contributed by atoms with E-state index in [1.807, 2.05) is 0 Å². The number of carboxylic acid groups (broad SMARTS) is 1. The summed E-state index contributed by atoms with van der Waals surface area (Å²) in [7, 11) is 0. The number of hydrogen-bond acceptors (Lipinski definition) is 2. The largest absolute Gasteiger partial charge is 0.480 e. The minimum Gasteiger partial charge on any atom is -0.480 e. The van der Waals surface area contributed by atoms with Gasteiger partial charge in [0.25, 0.3) is 0 Å². The number of alkyl halides is 3. The molecule has 0 saturated carbocycles. The van der Waals surface area contributed by atoms with Gasteiger partial charge in [-0.25, -0.2) is 4.79 Å². The van der Waals surface area contributed by atoms with Gasteiger partial charge in [0.1, 0.15) is 13.1 Å². The van der Waals surface area contributed by atoms with Gasteiger partial charge >= 0.3 is 18.2 Å². The van der Waals surface area contributed by atoms with E-state index in [-0.39, 0.29) is 13.1 Å². The summed E-state index contributed by atoms with van der Waals surface area (Å²) in [6.45, 7) is 2.35. The number of carboxylic acids is 1. The van der Waals surface area contributed by atoms with Crippen LogP contribution in [0.5, 0.6) is 0 Å². The number of rotatable bonds is 6. The number of hydrogen-bond donors (Lipinski definition) is 1. The molecule has 0 fully saturated rings. The van der Waals surface area contributed by atoms with E-state index in [4.69, 9.17) is 5.11 Å². The lowest BCUT2D eigenvalue weighted by molar-refractivity contribution is -0.141. The number of nitrogens with zero attached hydrogens (tertiary/aromatic N) is 2. The quantitative estimate of drug-likeness (QED) is 0.744. The lowest BCUT2D eigenvalue weighted by Crippen LogP contribution is -2.48. The molecule has 0 aliphatic heterocycles. The second-order valence-electron chi connectivity index (χ2n) is 3.47. The van der Waals surface area contributed by atoms with Crippen molar-refractivity contribution in [2.24, 2.45) is 0 Å². The van der Waals surface area contributed by atoms with Crippen molar-refractivity contribution in [2.45, 2.75) is 13.1 Å². The Morgan fingerprint density at radius 3 is 2.22 bits per heavy atom. The molecule has 0 bridgehead atoms. The molecule has 0 unspecified atom stereocenters. The molecule has 0 aromatic carbocycles. The first-order chi connectivity index (χ1) is 8.21. The smallest absolute Gasteiger partial charge is 0.406 e. The van der Waals surface area contributed by atoms with Gasteiger partial charge in [0, 0.05) is 13.1 Å². The molecule has 0 heterocycles. The van der Waals surface area contributed by atoms with E-state index in [0.29, 0.717) is 4.90 Å². The van der Waals surface area contributed by atoms with E-state index in [9.17, 15) is 22.8 Å². The molecule has 18 heavy (non-hydrogen) atoms. The molecule has 1 N–H and O–H groups in total. The van der Waals surface area contributed by atoms with Crippen molar-refractivity contribution < 1.29 is 27.9 Å². The Hall–Kier alpha value is -1.73. The lowest BCUT2D eigenvalue weighted by atomic mass is 10.4. The van der Waals surface area contributed by atoms with Crippen LogP contribution in [0.25, 0.3) is 0 Å². The van der Waals surface area contributed by atoms with Crippen LogP contribution < -0.4 is 0 Å². The Kier molecular flexibility index (Phi) is 6.21. The molecule has 2 amide bonds. The molecule has 8 heteroatoms. The first-order valence-electron chi connectivity index (χ1n) is 5.14. The fraction of sp³-hybridized carbons (Fsp3) is 0.600. The average molecular weight is 268 g/mol. The number of halogens is 3. The van der Waals surface area contributed by atoms with Crippen molar-refractivity contribution >= 4 is 12.0 Å². The minimum absolute atomic E-state index is 0.126. The van der Waals surface area contributed by atoms with Gasteiger partial charge in [0.2, 0.25) is 0 Å². The maximum absolute atomic E-state index is 12.2. The molecule has 0 aromatic heterocycles. The molecule has 104 valence electrons. The Balaban J connectivity index is 4.79. The van der Waals surface area contributed by atoms with E-state index < -0.39 is 31.3 Å². The second kappa shape index (κ2) is 6.87. The third-order valence-corrected chi connectivity index (χ3v) is 1.97. The number of urea groups is 1. The van der Waals surface area contributed by atoms with E-state index in [1.54, 1.807) is 0 Å². The fourth-order valence-electron chi connectivity index (χ4n) is 1.26. The van der Waals surface area contributed by atoms with Crippen molar-refractivity contribution in [3.05, 3.63) is 12.7 Å². The van der Waals surface area contributed by atoms with Crippen LogP contribution in [0.15, 0.2) is 12.7 Å². The van der Waals surface area contributed by atoms with Gasteiger partial charge in [0.05, 0.1) is 0 Å². The van der Waals surface area contributed by atoms with Gasteiger partial charge in [0.15, 0.2) is 0 Å². The molecule has 0 spiro atoms. The third kappa shape index (κ3) is 6.12. The molecule has 0 radical (unpaired) electrons. The molecule has 5 nitrogen and oxygen atoms in total. The normalized spacial score (nSPS) is 10.9. The zero-order valence-corrected chi connectivity index (χ0v) is 9.90. The third-order valence-electron chi connectivity index (χ3n) is 1.97. The minimum atomic E-state index is -4.52. The Bertz CT molecular complexity index is 318. The second-order valence-corrected chi connectivity index (χ2v) is 3.47. The van der Waals surface area contributed by atoms with Gasteiger partial charge in [-0.1, -0.05) is 6.08 Å². The van der Waals surface area contributed by atoms with Crippen LogP contribution in [0.4, 0.5) is 18.0 Å². The van der Waals surface area contributed by atoms with Gasteiger partial charge in [-0.05, 0) is 6.92 Å². The van der Waals surface area contributed by atoms with Crippen LogP contribution in [-0.4, -0.2) is 59.3 Å². The van der Waals surface area contributed by atoms with Gasteiger partial charge in [-0.3, -0.25) is 4.79 Å². The molecular weight excluding hydrogens is 253 g/mol. The van der Waals surface area contributed by atoms with E-state index in [2.05, 4.69) is 6.58 Å². The summed E-state index contributed by atoms with van der Waals surface area (Å²) in [5, 5.41) is 8.58. The zero-order chi connectivity index (χ0) is 14.3. The highest BCUT2D eigenvalue weighted by atomic mass is 19.4.